The third-order valence-corrected chi connectivity index (χ3v) is 2.38. The normalized spacial score (nSPS) is 10.5. The molecule has 90 valence electrons. The molecule has 0 aliphatic carbocycles. The van der Waals surface area contributed by atoms with E-state index in [-0.39, 0.29) is 11.6 Å². The van der Waals surface area contributed by atoms with E-state index < -0.39 is 0 Å². The second-order valence-corrected chi connectivity index (χ2v) is 3.67. The molecule has 0 atom stereocenters. The summed E-state index contributed by atoms with van der Waals surface area (Å²) in [5, 5.41) is 7.03. The van der Waals surface area contributed by atoms with E-state index in [0.717, 1.165) is 13.0 Å². The topological polar surface area (TPSA) is 55.6 Å². The molecular formula is C11H14FN5. The van der Waals surface area contributed by atoms with Crippen molar-refractivity contribution in [2.45, 2.75) is 19.9 Å². The van der Waals surface area contributed by atoms with Crippen LogP contribution in [0.3, 0.4) is 0 Å². The van der Waals surface area contributed by atoms with E-state index in [9.17, 15) is 4.39 Å². The number of hydrogen-bond acceptors (Lipinski definition) is 4. The van der Waals surface area contributed by atoms with E-state index >= 15 is 0 Å². The minimum Gasteiger partial charge on any atom is -0.367 e. The number of nitrogens with one attached hydrogen (secondary N) is 1. The Labute approximate surface area is 98.7 Å². The van der Waals surface area contributed by atoms with Crippen molar-refractivity contribution in [3.05, 3.63) is 36.3 Å². The van der Waals surface area contributed by atoms with Gasteiger partial charge in [0.25, 0.3) is 0 Å². The van der Waals surface area contributed by atoms with Gasteiger partial charge in [0.15, 0.2) is 11.6 Å². The molecule has 0 aliphatic heterocycles. The van der Waals surface area contributed by atoms with E-state index in [0.29, 0.717) is 12.2 Å². The molecule has 17 heavy (non-hydrogen) atoms. The van der Waals surface area contributed by atoms with Crippen molar-refractivity contribution in [3.8, 4) is 0 Å². The Hall–Kier alpha value is -1.98. The highest BCUT2D eigenvalue weighted by atomic mass is 19.1. The van der Waals surface area contributed by atoms with E-state index in [4.69, 9.17) is 0 Å². The lowest BCUT2D eigenvalue weighted by Crippen LogP contribution is -2.10. The maximum Gasteiger partial charge on any atom is 0.186 e. The van der Waals surface area contributed by atoms with Crippen molar-refractivity contribution in [1.29, 1.82) is 0 Å². The number of rotatable bonds is 5. The summed E-state index contributed by atoms with van der Waals surface area (Å²) in [5.74, 6) is -0.121. The number of hydrogen-bond donors (Lipinski definition) is 1. The summed E-state index contributed by atoms with van der Waals surface area (Å²) in [6.07, 6.45) is 5.84. The SMILES string of the molecule is Cc1ncnc(NCCCn2cccn2)c1F. The molecule has 2 aromatic rings. The van der Waals surface area contributed by atoms with Gasteiger partial charge in [0.1, 0.15) is 6.33 Å². The lowest BCUT2D eigenvalue weighted by molar-refractivity contribution is 0.583. The molecule has 0 spiro atoms. The minimum absolute atomic E-state index is 0.262. The number of aryl methyl sites for hydroxylation is 2. The smallest absolute Gasteiger partial charge is 0.186 e. The van der Waals surface area contributed by atoms with Gasteiger partial charge >= 0.3 is 0 Å². The Balaban J connectivity index is 1.80. The van der Waals surface area contributed by atoms with Crippen LogP contribution in [0.5, 0.6) is 0 Å². The third kappa shape index (κ3) is 2.99. The molecule has 0 unspecified atom stereocenters. The molecule has 2 heterocycles. The highest BCUT2D eigenvalue weighted by Gasteiger charge is 2.06. The third-order valence-electron chi connectivity index (χ3n) is 2.38. The van der Waals surface area contributed by atoms with Crippen molar-refractivity contribution >= 4 is 5.82 Å². The second kappa shape index (κ2) is 5.38. The fourth-order valence-electron chi connectivity index (χ4n) is 1.46. The Bertz CT molecular complexity index is 469. The Morgan fingerprint density at radius 1 is 1.41 bits per heavy atom. The first-order valence-corrected chi connectivity index (χ1v) is 5.46. The van der Waals surface area contributed by atoms with E-state index in [1.54, 1.807) is 13.1 Å². The van der Waals surface area contributed by atoms with Crippen LogP contribution < -0.4 is 5.32 Å². The minimum atomic E-state index is -0.383. The predicted molar refractivity (Wildman–Crippen MR) is 62.1 cm³/mol. The van der Waals surface area contributed by atoms with Crippen LogP contribution in [0.25, 0.3) is 0 Å². The monoisotopic (exact) mass is 235 g/mol. The molecule has 0 aliphatic rings. The summed E-state index contributed by atoms with van der Waals surface area (Å²) in [6, 6.07) is 1.88. The van der Waals surface area contributed by atoms with Gasteiger partial charge in [-0.2, -0.15) is 5.10 Å². The van der Waals surface area contributed by atoms with E-state index in [1.165, 1.54) is 6.33 Å². The molecule has 0 fully saturated rings. The summed E-state index contributed by atoms with van der Waals surface area (Å²) in [7, 11) is 0. The zero-order valence-electron chi connectivity index (χ0n) is 9.60. The number of nitrogens with zero attached hydrogens (tertiary/aromatic N) is 4. The molecule has 0 aromatic carbocycles. The largest absolute Gasteiger partial charge is 0.367 e. The van der Waals surface area contributed by atoms with Gasteiger partial charge in [0, 0.05) is 25.5 Å². The Morgan fingerprint density at radius 3 is 3.06 bits per heavy atom. The van der Waals surface area contributed by atoms with Crippen molar-refractivity contribution in [2.24, 2.45) is 0 Å². The van der Waals surface area contributed by atoms with Crippen LogP contribution in [0.4, 0.5) is 10.2 Å². The van der Waals surface area contributed by atoms with Gasteiger partial charge in [-0.05, 0) is 19.4 Å². The number of aromatic nitrogens is 4. The summed E-state index contributed by atoms with van der Waals surface area (Å²) in [6.45, 7) is 3.06. The summed E-state index contributed by atoms with van der Waals surface area (Å²) < 4.78 is 15.3. The number of anilines is 1. The van der Waals surface area contributed by atoms with Gasteiger partial charge in [-0.1, -0.05) is 0 Å². The zero-order chi connectivity index (χ0) is 12.1. The first-order valence-electron chi connectivity index (χ1n) is 5.46. The Morgan fingerprint density at radius 2 is 2.29 bits per heavy atom. The van der Waals surface area contributed by atoms with Crippen LogP contribution in [0.1, 0.15) is 12.1 Å². The zero-order valence-corrected chi connectivity index (χ0v) is 9.60. The van der Waals surface area contributed by atoms with Gasteiger partial charge in [0.05, 0.1) is 5.69 Å². The highest BCUT2D eigenvalue weighted by molar-refractivity contribution is 5.36. The lowest BCUT2D eigenvalue weighted by Gasteiger charge is -2.07. The van der Waals surface area contributed by atoms with Crippen LogP contribution in [0.2, 0.25) is 0 Å². The van der Waals surface area contributed by atoms with Crippen molar-refractivity contribution in [3.63, 3.8) is 0 Å². The molecule has 0 saturated carbocycles. The van der Waals surface area contributed by atoms with Crippen LogP contribution in [-0.4, -0.2) is 26.3 Å². The standard InChI is InChI=1S/C11H14FN5/c1-9-10(12)11(15-8-14-9)13-4-2-6-17-7-3-5-16-17/h3,5,7-8H,2,4,6H2,1H3,(H,13,14,15). The van der Waals surface area contributed by atoms with Gasteiger partial charge in [-0.25, -0.2) is 14.4 Å². The highest BCUT2D eigenvalue weighted by Crippen LogP contribution is 2.11. The fraction of sp³-hybridized carbons (Fsp3) is 0.364. The van der Waals surface area contributed by atoms with E-state index in [2.05, 4.69) is 20.4 Å². The van der Waals surface area contributed by atoms with Crippen LogP contribution in [0.15, 0.2) is 24.8 Å². The molecule has 1 N–H and O–H groups in total. The van der Waals surface area contributed by atoms with Gasteiger partial charge < -0.3 is 5.32 Å². The van der Waals surface area contributed by atoms with Crippen molar-refractivity contribution < 1.29 is 4.39 Å². The van der Waals surface area contributed by atoms with Gasteiger partial charge in [-0.3, -0.25) is 4.68 Å². The quantitative estimate of drug-likeness (QED) is 0.800. The number of halogens is 1. The molecule has 2 aromatic heterocycles. The first kappa shape index (κ1) is 11.5. The second-order valence-electron chi connectivity index (χ2n) is 3.67. The molecule has 0 amide bonds. The molecule has 0 bridgehead atoms. The maximum absolute atomic E-state index is 13.5. The lowest BCUT2D eigenvalue weighted by atomic mass is 10.3. The molecule has 6 heteroatoms. The van der Waals surface area contributed by atoms with Crippen LogP contribution in [-0.2, 0) is 6.54 Å². The first-order chi connectivity index (χ1) is 8.27. The maximum atomic E-state index is 13.5. The van der Waals surface area contributed by atoms with Crippen LogP contribution >= 0.6 is 0 Å². The van der Waals surface area contributed by atoms with Gasteiger partial charge in [-0.15, -0.1) is 0 Å². The van der Waals surface area contributed by atoms with Gasteiger partial charge in [0.2, 0.25) is 0 Å². The molecule has 5 nitrogen and oxygen atoms in total. The molecule has 2 rings (SSSR count). The Kier molecular flexibility index (Phi) is 3.64. The summed E-state index contributed by atoms with van der Waals surface area (Å²) >= 11 is 0. The fourth-order valence-corrected chi connectivity index (χ4v) is 1.46. The average molecular weight is 235 g/mol. The molecule has 0 saturated heterocycles. The predicted octanol–water partition coefficient (Wildman–Crippen LogP) is 1.62. The van der Waals surface area contributed by atoms with E-state index in [1.807, 2.05) is 16.9 Å². The molecule has 0 radical (unpaired) electrons. The average Bonchev–Trinajstić information content (AvgIpc) is 2.83. The van der Waals surface area contributed by atoms with Crippen molar-refractivity contribution in [1.82, 2.24) is 19.7 Å². The van der Waals surface area contributed by atoms with Crippen molar-refractivity contribution in [2.75, 3.05) is 11.9 Å². The van der Waals surface area contributed by atoms with Crippen LogP contribution in [0, 0.1) is 12.7 Å². The summed E-state index contributed by atoms with van der Waals surface area (Å²) in [5.41, 5.74) is 0.356. The molecular weight excluding hydrogens is 221 g/mol. The summed E-state index contributed by atoms with van der Waals surface area (Å²) in [4.78, 5) is 7.62.